The summed E-state index contributed by atoms with van der Waals surface area (Å²) in [5.41, 5.74) is -0.275. The van der Waals surface area contributed by atoms with Crippen molar-refractivity contribution in [2.45, 2.75) is 32.3 Å². The molecular weight excluding hydrogens is 592 g/mol. The van der Waals surface area contributed by atoms with Gasteiger partial charge in [-0.05, 0) is 50.1 Å². The van der Waals surface area contributed by atoms with Crippen LogP contribution >= 0.6 is 0 Å². The van der Waals surface area contributed by atoms with E-state index in [1.54, 1.807) is 0 Å². The predicted octanol–water partition coefficient (Wildman–Crippen LogP) is 1.90. The number of carbonyl (C=O) groups excluding carboxylic acids is 6. The van der Waals surface area contributed by atoms with Crippen molar-refractivity contribution in [3.8, 4) is 0 Å². The lowest BCUT2D eigenvalue weighted by Crippen LogP contribution is -2.48. The van der Waals surface area contributed by atoms with Crippen LogP contribution in [0.3, 0.4) is 0 Å². The molecule has 0 bridgehead atoms. The Kier molecular flexibility index (Phi) is 9.33. The monoisotopic (exact) mass is 626 g/mol. The van der Waals surface area contributed by atoms with Crippen LogP contribution in [0.2, 0.25) is 0 Å². The molecule has 0 unspecified atom stereocenters. The van der Waals surface area contributed by atoms with E-state index in [9.17, 15) is 28.8 Å². The van der Waals surface area contributed by atoms with Crippen molar-refractivity contribution in [1.29, 1.82) is 0 Å². The molecule has 240 valence electrons. The molecule has 1 aromatic rings. The number of esters is 6. The Balaban J connectivity index is 2.26. The first-order chi connectivity index (χ1) is 21.4. The number of rotatable bonds is 6. The third-order valence-corrected chi connectivity index (χ3v) is 8.56. The van der Waals surface area contributed by atoms with E-state index in [1.807, 2.05) is 0 Å². The average Bonchev–Trinajstić information content (AvgIpc) is 3.05. The molecule has 2 aliphatic carbocycles. The zero-order valence-electron chi connectivity index (χ0n) is 25.9. The molecule has 0 radical (unpaired) electrons. The molecule has 0 fully saturated rings. The fourth-order valence-corrected chi connectivity index (χ4v) is 6.70. The second kappa shape index (κ2) is 12.7. The van der Waals surface area contributed by atoms with Gasteiger partial charge in [-0.25, -0.2) is 9.59 Å². The van der Waals surface area contributed by atoms with Crippen molar-refractivity contribution in [3.05, 3.63) is 52.1 Å². The third kappa shape index (κ3) is 5.30. The van der Waals surface area contributed by atoms with Crippen molar-refractivity contribution in [2.24, 2.45) is 10.8 Å². The van der Waals surface area contributed by atoms with Crippen molar-refractivity contribution in [2.75, 3.05) is 49.3 Å². The van der Waals surface area contributed by atoms with E-state index < -0.39 is 46.6 Å². The Morgan fingerprint density at radius 3 is 1.31 bits per heavy atom. The normalized spacial score (nSPS) is 19.3. The molecule has 0 amide bonds. The summed E-state index contributed by atoms with van der Waals surface area (Å²) in [4.78, 5) is 79.2. The average molecular weight is 627 g/mol. The fraction of sp³-hybridized carbons (Fsp3) is 0.438. The number of carbonyl (C=O) groups is 6. The van der Waals surface area contributed by atoms with Gasteiger partial charge in [-0.1, -0.05) is 6.58 Å². The molecule has 0 spiro atoms. The second-order valence-corrected chi connectivity index (χ2v) is 10.9. The van der Waals surface area contributed by atoms with Gasteiger partial charge in [-0.2, -0.15) is 0 Å². The molecule has 3 aliphatic rings. The quantitative estimate of drug-likeness (QED) is 0.195. The molecule has 0 saturated carbocycles. The van der Waals surface area contributed by atoms with Gasteiger partial charge in [0.1, 0.15) is 0 Å². The molecule has 1 heterocycles. The summed E-state index contributed by atoms with van der Waals surface area (Å²) in [6, 6.07) is 0. The lowest BCUT2D eigenvalue weighted by Gasteiger charge is -2.43. The molecule has 13 nitrogen and oxygen atoms in total. The Morgan fingerprint density at radius 1 is 0.556 bits per heavy atom. The van der Waals surface area contributed by atoms with Gasteiger partial charge in [0.2, 0.25) is 0 Å². The Hall–Kier alpha value is -4.78. The highest BCUT2D eigenvalue weighted by Gasteiger charge is 2.57. The number of hydrogen-bond donors (Lipinski definition) is 0. The lowest BCUT2D eigenvalue weighted by molar-refractivity contribution is -0.170. The zero-order chi connectivity index (χ0) is 33.3. The fourth-order valence-electron chi connectivity index (χ4n) is 6.70. The van der Waals surface area contributed by atoms with Crippen molar-refractivity contribution >= 4 is 52.5 Å². The topological polar surface area (TPSA) is 167 Å². The van der Waals surface area contributed by atoms with Crippen LogP contribution in [0.1, 0.15) is 46.2 Å². The molecule has 1 aromatic carbocycles. The first-order valence-electron chi connectivity index (χ1n) is 13.8. The second-order valence-electron chi connectivity index (χ2n) is 10.9. The summed E-state index contributed by atoms with van der Waals surface area (Å²) >= 11 is 0. The Bertz CT molecular complexity index is 1540. The van der Waals surface area contributed by atoms with Gasteiger partial charge in [-0.3, -0.25) is 19.2 Å². The first-order valence-corrected chi connectivity index (χ1v) is 13.8. The predicted molar refractivity (Wildman–Crippen MR) is 155 cm³/mol. The summed E-state index contributed by atoms with van der Waals surface area (Å²) in [6.07, 6.45) is 1.11. The smallest absolute Gasteiger partial charge is 0.330 e. The SMILES string of the molecule is C=C1COCc2c1c1c(c3c2/C(=C/C(=O)OC)CC(C(=O)OC)(C(=O)OC)C3)/C(=C/C(=O)OC)CC(C(=O)OC)(C(=O)OC)C1. The van der Waals surface area contributed by atoms with Crippen molar-refractivity contribution in [3.63, 3.8) is 0 Å². The Labute approximate surface area is 259 Å². The van der Waals surface area contributed by atoms with Gasteiger partial charge in [-0.15, -0.1) is 0 Å². The summed E-state index contributed by atoms with van der Waals surface area (Å²) < 4.78 is 36.0. The number of methoxy groups -OCH3 is 6. The Morgan fingerprint density at radius 2 is 0.933 bits per heavy atom. The number of hydrogen-bond acceptors (Lipinski definition) is 13. The highest BCUT2D eigenvalue weighted by Crippen LogP contribution is 2.55. The van der Waals surface area contributed by atoms with Crippen LogP contribution in [-0.4, -0.2) is 85.1 Å². The van der Waals surface area contributed by atoms with Gasteiger partial charge >= 0.3 is 35.8 Å². The number of benzene rings is 1. The highest BCUT2D eigenvalue weighted by molar-refractivity contribution is 6.09. The van der Waals surface area contributed by atoms with Gasteiger partial charge < -0.3 is 33.2 Å². The molecule has 13 heteroatoms. The van der Waals surface area contributed by atoms with E-state index in [0.717, 1.165) is 41.6 Å². The highest BCUT2D eigenvalue weighted by atomic mass is 16.6. The number of ether oxygens (including phenoxy) is 7. The molecule has 0 N–H and O–H groups in total. The van der Waals surface area contributed by atoms with E-state index >= 15 is 0 Å². The van der Waals surface area contributed by atoms with Crippen LogP contribution in [0, 0.1) is 10.8 Å². The van der Waals surface area contributed by atoms with E-state index in [0.29, 0.717) is 39.0 Å². The third-order valence-electron chi connectivity index (χ3n) is 8.56. The van der Waals surface area contributed by atoms with Crippen molar-refractivity contribution in [1.82, 2.24) is 0 Å². The minimum atomic E-state index is -1.96. The van der Waals surface area contributed by atoms with E-state index in [4.69, 9.17) is 33.2 Å². The van der Waals surface area contributed by atoms with Gasteiger partial charge in [0, 0.05) is 37.8 Å². The van der Waals surface area contributed by atoms with Crippen LogP contribution in [0.15, 0.2) is 18.7 Å². The van der Waals surface area contributed by atoms with Gasteiger partial charge in [0.15, 0.2) is 10.8 Å². The van der Waals surface area contributed by atoms with E-state index in [-0.39, 0.29) is 50.0 Å². The van der Waals surface area contributed by atoms with Crippen LogP contribution in [0.4, 0.5) is 0 Å². The van der Waals surface area contributed by atoms with Crippen molar-refractivity contribution < 1.29 is 61.9 Å². The summed E-state index contributed by atoms with van der Waals surface area (Å²) in [7, 11) is 6.85. The van der Waals surface area contributed by atoms with Crippen LogP contribution in [0.5, 0.6) is 0 Å². The maximum Gasteiger partial charge on any atom is 0.330 e. The standard InChI is InChI=1S/C32H34O13/c1-16-14-45-15-21-24(16)19-12-31(27(35)41-4,28(36)42-5)10-17(8-22(33)39-2)25(19)20-13-32(29(37)43-6,30(38)44-7)11-18(26(20)21)9-23(34)40-3/h8-9H,1,10-15H2,2-7H3/b17-8+,18-9+. The molecule has 45 heavy (non-hydrogen) atoms. The molecule has 4 rings (SSSR count). The molecule has 1 aliphatic heterocycles. The van der Waals surface area contributed by atoms with Gasteiger partial charge in [0.25, 0.3) is 0 Å². The minimum Gasteiger partial charge on any atom is -0.468 e. The summed E-state index contributed by atoms with van der Waals surface area (Å²) in [6.45, 7) is 4.30. The van der Waals surface area contributed by atoms with E-state index in [2.05, 4.69) is 6.58 Å². The number of allylic oxidation sites excluding steroid dienone is 2. The number of fused-ring (bicyclic) bond motifs is 6. The summed E-state index contributed by atoms with van der Waals surface area (Å²) in [5, 5.41) is 0. The lowest BCUT2D eigenvalue weighted by atomic mass is 9.60. The maximum atomic E-state index is 13.5. The van der Waals surface area contributed by atoms with Crippen LogP contribution in [-0.2, 0) is 81.4 Å². The largest absolute Gasteiger partial charge is 0.468 e. The molecular formula is C32H34O13. The first kappa shape index (κ1) is 33.1. The van der Waals surface area contributed by atoms with Gasteiger partial charge in [0.05, 0.1) is 55.9 Å². The minimum absolute atomic E-state index is 0.0193. The van der Waals surface area contributed by atoms with E-state index in [1.165, 1.54) is 13.2 Å². The summed E-state index contributed by atoms with van der Waals surface area (Å²) in [5.74, 6) is -5.20. The maximum absolute atomic E-state index is 13.5. The zero-order valence-corrected chi connectivity index (χ0v) is 25.9. The molecule has 0 saturated heterocycles. The molecule has 0 aromatic heterocycles. The van der Waals surface area contributed by atoms with Crippen LogP contribution in [0.25, 0.3) is 16.7 Å². The molecule has 0 atom stereocenters. The van der Waals surface area contributed by atoms with Crippen LogP contribution < -0.4 is 0 Å².